The van der Waals surface area contributed by atoms with Gasteiger partial charge in [0.05, 0.1) is 4.90 Å². The Morgan fingerprint density at radius 1 is 0.926 bits per heavy atom. The summed E-state index contributed by atoms with van der Waals surface area (Å²) >= 11 is 0. The Morgan fingerprint density at radius 2 is 1.48 bits per heavy atom. The number of nitrogens with zero attached hydrogens (tertiary/aromatic N) is 1. The number of carbonyl (C=O) groups is 1. The molecule has 1 N–H and O–H groups in total. The molecule has 0 aromatic heterocycles. The van der Waals surface area contributed by atoms with E-state index in [0.29, 0.717) is 18.7 Å². The third kappa shape index (κ3) is 4.22. The minimum Gasteiger partial charge on any atom is -0.322 e. The second-order valence-electron chi connectivity index (χ2n) is 7.22. The van der Waals surface area contributed by atoms with Crippen molar-refractivity contribution in [2.24, 2.45) is 0 Å². The fraction of sp³-hybridized carbons (Fsp3) is 0.381. The number of benzene rings is 2. The largest absolute Gasteiger partial charge is 0.322 e. The number of amides is 1. The maximum Gasteiger partial charge on any atom is 0.255 e. The lowest BCUT2D eigenvalue weighted by Gasteiger charge is -2.25. The van der Waals surface area contributed by atoms with Crippen LogP contribution in [0.15, 0.2) is 41.3 Å². The van der Waals surface area contributed by atoms with Crippen molar-refractivity contribution in [1.82, 2.24) is 4.31 Å². The second kappa shape index (κ2) is 7.82. The Labute approximate surface area is 161 Å². The number of hydrogen-bond acceptors (Lipinski definition) is 3. The number of sulfonamides is 1. The molecule has 0 radical (unpaired) electrons. The average molecular weight is 387 g/mol. The minimum atomic E-state index is -3.48. The van der Waals surface area contributed by atoms with Gasteiger partial charge in [-0.3, -0.25) is 4.79 Å². The first-order chi connectivity index (χ1) is 12.8. The first-order valence-electron chi connectivity index (χ1n) is 9.28. The molecule has 1 amide bonds. The van der Waals surface area contributed by atoms with Crippen molar-refractivity contribution in [1.29, 1.82) is 0 Å². The third-order valence-electron chi connectivity index (χ3n) is 4.98. The zero-order valence-corrected chi connectivity index (χ0v) is 16.9. The van der Waals surface area contributed by atoms with E-state index in [2.05, 4.69) is 5.32 Å². The molecule has 2 aromatic rings. The Bertz CT molecular complexity index is 921. The van der Waals surface area contributed by atoms with Crippen LogP contribution in [0.25, 0.3) is 0 Å². The summed E-state index contributed by atoms with van der Waals surface area (Å²) in [5.41, 5.74) is 4.40. The highest BCUT2D eigenvalue weighted by Gasteiger charge is 2.26. The fourth-order valence-corrected chi connectivity index (χ4v) is 5.11. The second-order valence-corrected chi connectivity index (χ2v) is 9.15. The molecule has 0 aliphatic carbocycles. The van der Waals surface area contributed by atoms with Crippen molar-refractivity contribution in [3.63, 3.8) is 0 Å². The summed E-state index contributed by atoms with van der Waals surface area (Å²) in [5.74, 6) is -0.244. The molecule has 5 nitrogen and oxygen atoms in total. The predicted octanol–water partition coefficient (Wildman–Crippen LogP) is 4.04. The first-order valence-corrected chi connectivity index (χ1v) is 10.7. The topological polar surface area (TPSA) is 66.5 Å². The SMILES string of the molecule is Cc1cc(C)c(NC(=O)c2ccc(S(=O)(=O)N3CCCCC3)cc2)c(C)c1. The molecule has 27 heavy (non-hydrogen) atoms. The van der Waals surface area contributed by atoms with Crippen LogP contribution in [0.5, 0.6) is 0 Å². The van der Waals surface area contributed by atoms with Crippen molar-refractivity contribution in [3.8, 4) is 0 Å². The van der Waals surface area contributed by atoms with Gasteiger partial charge in [0.2, 0.25) is 10.0 Å². The molecule has 6 heteroatoms. The van der Waals surface area contributed by atoms with Crippen LogP contribution < -0.4 is 5.32 Å². The van der Waals surface area contributed by atoms with Gasteiger partial charge >= 0.3 is 0 Å². The zero-order chi connectivity index (χ0) is 19.6. The molecule has 1 heterocycles. The predicted molar refractivity (Wildman–Crippen MR) is 108 cm³/mol. The highest BCUT2D eigenvalue weighted by molar-refractivity contribution is 7.89. The summed E-state index contributed by atoms with van der Waals surface area (Å²) in [7, 11) is -3.48. The third-order valence-corrected chi connectivity index (χ3v) is 6.90. The lowest BCUT2D eigenvalue weighted by molar-refractivity contribution is 0.102. The molecule has 2 aromatic carbocycles. The van der Waals surface area contributed by atoms with Gasteiger partial charge in [0, 0.05) is 24.3 Å². The molecule has 3 rings (SSSR count). The lowest BCUT2D eigenvalue weighted by Crippen LogP contribution is -2.35. The van der Waals surface area contributed by atoms with Crippen LogP contribution in [-0.4, -0.2) is 31.7 Å². The van der Waals surface area contributed by atoms with Gasteiger partial charge in [-0.2, -0.15) is 4.31 Å². The Morgan fingerprint density at radius 3 is 2.04 bits per heavy atom. The Hall–Kier alpha value is -2.18. The van der Waals surface area contributed by atoms with Crippen LogP contribution >= 0.6 is 0 Å². The smallest absolute Gasteiger partial charge is 0.255 e. The van der Waals surface area contributed by atoms with Gasteiger partial charge in [0.25, 0.3) is 5.91 Å². The fourth-order valence-electron chi connectivity index (χ4n) is 3.60. The van der Waals surface area contributed by atoms with Crippen molar-refractivity contribution in [2.75, 3.05) is 18.4 Å². The zero-order valence-electron chi connectivity index (χ0n) is 16.1. The number of piperidine rings is 1. The molecular weight excluding hydrogens is 360 g/mol. The van der Waals surface area contributed by atoms with Crippen LogP contribution in [0, 0.1) is 20.8 Å². The van der Waals surface area contributed by atoms with Crippen LogP contribution in [0.2, 0.25) is 0 Å². The minimum absolute atomic E-state index is 0.239. The Kier molecular flexibility index (Phi) is 5.67. The van der Waals surface area contributed by atoms with Gasteiger partial charge < -0.3 is 5.32 Å². The van der Waals surface area contributed by atoms with Gasteiger partial charge in [0.15, 0.2) is 0 Å². The standard InChI is InChI=1S/C21H26N2O3S/c1-15-13-16(2)20(17(3)14-15)22-21(24)18-7-9-19(10-8-18)27(25,26)23-11-5-4-6-12-23/h7-10,13-14H,4-6,11-12H2,1-3H3,(H,22,24). The van der Waals surface area contributed by atoms with E-state index in [9.17, 15) is 13.2 Å². The van der Waals surface area contributed by atoms with Crippen LogP contribution in [-0.2, 0) is 10.0 Å². The molecular formula is C21H26N2O3S. The number of nitrogens with one attached hydrogen (secondary N) is 1. The molecule has 0 unspecified atom stereocenters. The van der Waals surface area contributed by atoms with E-state index >= 15 is 0 Å². The van der Waals surface area contributed by atoms with Crippen LogP contribution in [0.3, 0.4) is 0 Å². The van der Waals surface area contributed by atoms with Gasteiger partial charge in [0.1, 0.15) is 0 Å². The van der Waals surface area contributed by atoms with E-state index in [0.717, 1.165) is 41.6 Å². The molecule has 1 aliphatic heterocycles. The van der Waals surface area contributed by atoms with E-state index in [4.69, 9.17) is 0 Å². The molecule has 0 saturated carbocycles. The highest BCUT2D eigenvalue weighted by atomic mass is 32.2. The van der Waals surface area contributed by atoms with E-state index < -0.39 is 10.0 Å². The summed E-state index contributed by atoms with van der Waals surface area (Å²) < 4.78 is 26.9. The number of anilines is 1. The van der Waals surface area contributed by atoms with Gasteiger partial charge in [-0.1, -0.05) is 24.1 Å². The lowest BCUT2D eigenvalue weighted by atomic mass is 10.0. The normalized spacial score (nSPS) is 15.5. The number of carbonyl (C=O) groups excluding carboxylic acids is 1. The summed E-state index contributed by atoms with van der Waals surface area (Å²) in [4.78, 5) is 12.8. The summed E-state index contributed by atoms with van der Waals surface area (Å²) in [6.07, 6.45) is 2.87. The maximum atomic E-state index is 12.7. The number of hydrogen-bond donors (Lipinski definition) is 1. The van der Waals surface area contributed by atoms with E-state index in [-0.39, 0.29) is 10.8 Å². The van der Waals surface area contributed by atoms with Crippen molar-refractivity contribution < 1.29 is 13.2 Å². The van der Waals surface area contributed by atoms with Crippen molar-refractivity contribution >= 4 is 21.6 Å². The average Bonchev–Trinajstić information content (AvgIpc) is 2.65. The van der Waals surface area contributed by atoms with Crippen molar-refractivity contribution in [3.05, 3.63) is 58.7 Å². The molecule has 144 valence electrons. The molecule has 0 atom stereocenters. The van der Waals surface area contributed by atoms with E-state index in [1.54, 1.807) is 12.1 Å². The van der Waals surface area contributed by atoms with Gasteiger partial charge in [-0.15, -0.1) is 0 Å². The summed E-state index contributed by atoms with van der Waals surface area (Å²) in [6, 6.07) is 10.2. The quantitative estimate of drug-likeness (QED) is 0.862. The molecule has 1 fully saturated rings. The Balaban J connectivity index is 1.78. The summed E-state index contributed by atoms with van der Waals surface area (Å²) in [5, 5.41) is 2.94. The van der Waals surface area contributed by atoms with Crippen molar-refractivity contribution in [2.45, 2.75) is 44.9 Å². The van der Waals surface area contributed by atoms with Crippen LogP contribution in [0.4, 0.5) is 5.69 Å². The van der Waals surface area contributed by atoms with Gasteiger partial charge in [-0.05, 0) is 69.0 Å². The number of rotatable bonds is 4. The molecule has 0 bridgehead atoms. The monoisotopic (exact) mass is 386 g/mol. The number of aryl methyl sites for hydroxylation is 3. The molecule has 0 spiro atoms. The highest BCUT2D eigenvalue weighted by Crippen LogP contribution is 2.24. The maximum absolute atomic E-state index is 12.7. The van der Waals surface area contributed by atoms with Gasteiger partial charge in [-0.25, -0.2) is 8.42 Å². The van der Waals surface area contributed by atoms with E-state index in [1.807, 2.05) is 32.9 Å². The van der Waals surface area contributed by atoms with Crippen LogP contribution in [0.1, 0.15) is 46.3 Å². The molecule has 1 saturated heterocycles. The summed E-state index contributed by atoms with van der Waals surface area (Å²) in [6.45, 7) is 7.08. The molecule has 1 aliphatic rings. The van der Waals surface area contributed by atoms with E-state index in [1.165, 1.54) is 16.4 Å². The first kappa shape index (κ1) is 19.6.